The Kier molecular flexibility index (Phi) is 3.62. The van der Waals surface area contributed by atoms with Gasteiger partial charge in [0, 0.05) is 6.42 Å². The van der Waals surface area contributed by atoms with Crippen LogP contribution in [0.3, 0.4) is 0 Å². The average Bonchev–Trinajstić information content (AvgIpc) is 3.04. The van der Waals surface area contributed by atoms with Crippen LogP contribution >= 0.6 is 0 Å². The summed E-state index contributed by atoms with van der Waals surface area (Å²) in [6.07, 6.45) is 7.32. The smallest absolute Gasteiger partial charge is 0.202 e. The van der Waals surface area contributed by atoms with Gasteiger partial charge in [0.1, 0.15) is 11.3 Å². The molecule has 0 aliphatic heterocycles. The number of oxazole rings is 1. The summed E-state index contributed by atoms with van der Waals surface area (Å²) in [4.78, 5) is 16.3. The Bertz CT molecular complexity index is 534. The Morgan fingerprint density at radius 1 is 1.26 bits per heavy atom. The second-order valence-electron chi connectivity index (χ2n) is 5.48. The van der Waals surface area contributed by atoms with Gasteiger partial charge in [0.05, 0.1) is 6.42 Å². The number of ketones is 1. The van der Waals surface area contributed by atoms with Crippen LogP contribution in [-0.2, 0) is 11.2 Å². The number of hydrogen-bond acceptors (Lipinski definition) is 3. The minimum absolute atomic E-state index is 0.249. The van der Waals surface area contributed by atoms with Crippen LogP contribution in [0.5, 0.6) is 0 Å². The predicted octanol–water partition coefficient (Wildman–Crippen LogP) is 3.91. The molecule has 100 valence electrons. The van der Waals surface area contributed by atoms with Gasteiger partial charge in [-0.15, -0.1) is 0 Å². The lowest BCUT2D eigenvalue weighted by atomic mass is 9.99. The molecule has 0 amide bonds. The zero-order valence-electron chi connectivity index (χ0n) is 11.1. The van der Waals surface area contributed by atoms with Gasteiger partial charge in [-0.2, -0.15) is 0 Å². The van der Waals surface area contributed by atoms with E-state index < -0.39 is 0 Å². The fourth-order valence-electron chi connectivity index (χ4n) is 2.92. The summed E-state index contributed by atoms with van der Waals surface area (Å²) in [7, 11) is 0. The highest BCUT2D eigenvalue weighted by Gasteiger charge is 2.17. The van der Waals surface area contributed by atoms with Crippen molar-refractivity contribution in [1.29, 1.82) is 0 Å². The SMILES string of the molecule is O=C(CCC1CCCC1)Cc1nc2ccccc2o1. The Morgan fingerprint density at radius 2 is 2.05 bits per heavy atom. The number of carbonyl (C=O) groups excluding carboxylic acids is 1. The third-order valence-corrected chi connectivity index (χ3v) is 3.99. The molecule has 0 unspecified atom stereocenters. The number of rotatable bonds is 5. The molecule has 3 heteroatoms. The van der Waals surface area contributed by atoms with E-state index >= 15 is 0 Å². The molecule has 1 aliphatic rings. The first-order valence-electron chi connectivity index (χ1n) is 7.17. The number of hydrogen-bond donors (Lipinski definition) is 0. The van der Waals surface area contributed by atoms with Gasteiger partial charge in [-0.1, -0.05) is 37.8 Å². The van der Waals surface area contributed by atoms with Gasteiger partial charge >= 0.3 is 0 Å². The first-order chi connectivity index (χ1) is 9.31. The highest BCUT2D eigenvalue weighted by molar-refractivity contribution is 5.81. The molecule has 3 rings (SSSR count). The van der Waals surface area contributed by atoms with Crippen molar-refractivity contribution in [3.05, 3.63) is 30.2 Å². The number of nitrogens with zero attached hydrogens (tertiary/aromatic N) is 1. The van der Waals surface area contributed by atoms with E-state index in [2.05, 4.69) is 4.98 Å². The number of aromatic nitrogens is 1. The van der Waals surface area contributed by atoms with Crippen molar-refractivity contribution in [1.82, 2.24) is 4.98 Å². The van der Waals surface area contributed by atoms with E-state index in [1.807, 2.05) is 24.3 Å². The summed E-state index contributed by atoms with van der Waals surface area (Å²) in [5, 5.41) is 0. The quantitative estimate of drug-likeness (QED) is 0.815. The van der Waals surface area contributed by atoms with Crippen LogP contribution in [0.15, 0.2) is 28.7 Å². The van der Waals surface area contributed by atoms with E-state index in [-0.39, 0.29) is 5.78 Å². The van der Waals surface area contributed by atoms with Crippen LogP contribution in [0.1, 0.15) is 44.4 Å². The topological polar surface area (TPSA) is 43.1 Å². The summed E-state index contributed by atoms with van der Waals surface area (Å²) in [6.45, 7) is 0. The fraction of sp³-hybridized carbons (Fsp3) is 0.500. The third kappa shape index (κ3) is 3.03. The minimum Gasteiger partial charge on any atom is -0.440 e. The van der Waals surface area contributed by atoms with Crippen LogP contribution in [-0.4, -0.2) is 10.8 Å². The molecule has 1 saturated carbocycles. The summed E-state index contributed by atoms with van der Waals surface area (Å²) in [6, 6.07) is 7.63. The number of Topliss-reactive ketones (excluding diaryl/α,β-unsaturated/α-hetero) is 1. The van der Waals surface area contributed by atoms with Crippen LogP contribution < -0.4 is 0 Å². The highest BCUT2D eigenvalue weighted by atomic mass is 16.3. The first-order valence-corrected chi connectivity index (χ1v) is 7.17. The van der Waals surface area contributed by atoms with Gasteiger partial charge in [-0.25, -0.2) is 4.98 Å². The third-order valence-electron chi connectivity index (χ3n) is 3.99. The molecular formula is C16H19NO2. The highest BCUT2D eigenvalue weighted by Crippen LogP contribution is 2.28. The molecule has 19 heavy (non-hydrogen) atoms. The van der Waals surface area contributed by atoms with Gasteiger partial charge in [-0.3, -0.25) is 4.79 Å². The van der Waals surface area contributed by atoms with Crippen LogP contribution in [0.25, 0.3) is 11.1 Å². The van der Waals surface area contributed by atoms with Crippen molar-refractivity contribution in [2.75, 3.05) is 0 Å². The Balaban J connectivity index is 1.56. The summed E-state index contributed by atoms with van der Waals surface area (Å²) < 4.78 is 5.58. The Morgan fingerprint density at radius 3 is 2.84 bits per heavy atom. The van der Waals surface area contributed by atoms with Gasteiger partial charge in [0.25, 0.3) is 0 Å². The molecular weight excluding hydrogens is 238 g/mol. The monoisotopic (exact) mass is 257 g/mol. The second-order valence-corrected chi connectivity index (χ2v) is 5.48. The number of fused-ring (bicyclic) bond motifs is 1. The molecule has 1 fully saturated rings. The van der Waals surface area contributed by atoms with Gasteiger partial charge in [0.2, 0.25) is 5.89 Å². The Hall–Kier alpha value is -1.64. The maximum absolute atomic E-state index is 11.9. The zero-order chi connectivity index (χ0) is 13.1. The molecule has 2 aromatic rings. The lowest BCUT2D eigenvalue weighted by molar-refractivity contribution is -0.119. The largest absolute Gasteiger partial charge is 0.440 e. The molecule has 0 spiro atoms. The van der Waals surface area contributed by atoms with E-state index in [1.54, 1.807) is 0 Å². The first kappa shape index (κ1) is 12.4. The van der Waals surface area contributed by atoms with Crippen molar-refractivity contribution in [2.24, 2.45) is 5.92 Å². The lowest BCUT2D eigenvalue weighted by Gasteiger charge is -2.06. The molecule has 1 aromatic heterocycles. The molecule has 1 aromatic carbocycles. The van der Waals surface area contributed by atoms with Gasteiger partial charge < -0.3 is 4.42 Å². The molecule has 1 aliphatic carbocycles. The fourth-order valence-corrected chi connectivity index (χ4v) is 2.92. The second kappa shape index (κ2) is 5.55. The molecule has 0 N–H and O–H groups in total. The molecule has 1 heterocycles. The number of carbonyl (C=O) groups is 1. The van der Waals surface area contributed by atoms with Crippen LogP contribution in [0.2, 0.25) is 0 Å². The van der Waals surface area contributed by atoms with Crippen molar-refractivity contribution >= 4 is 16.9 Å². The van der Waals surface area contributed by atoms with E-state index in [0.717, 1.165) is 23.4 Å². The summed E-state index contributed by atoms with van der Waals surface area (Å²) in [5.74, 6) is 1.57. The average molecular weight is 257 g/mol. The standard InChI is InChI=1S/C16H19NO2/c18-13(10-9-12-5-1-2-6-12)11-16-17-14-7-3-4-8-15(14)19-16/h3-4,7-8,12H,1-2,5-6,9-11H2. The summed E-state index contributed by atoms with van der Waals surface area (Å²) >= 11 is 0. The van der Waals surface area contributed by atoms with Crippen molar-refractivity contribution < 1.29 is 9.21 Å². The van der Waals surface area contributed by atoms with Gasteiger partial charge in [-0.05, 0) is 24.5 Å². The molecule has 3 nitrogen and oxygen atoms in total. The van der Waals surface area contributed by atoms with E-state index in [1.165, 1.54) is 25.7 Å². The van der Waals surface area contributed by atoms with E-state index in [4.69, 9.17) is 4.42 Å². The zero-order valence-corrected chi connectivity index (χ0v) is 11.1. The Labute approximate surface area is 113 Å². The molecule has 0 atom stereocenters. The van der Waals surface area contributed by atoms with Gasteiger partial charge in [0.15, 0.2) is 5.58 Å². The number of para-hydroxylation sites is 2. The van der Waals surface area contributed by atoms with E-state index in [0.29, 0.717) is 18.7 Å². The molecule has 0 radical (unpaired) electrons. The molecule has 0 saturated heterocycles. The van der Waals surface area contributed by atoms with Crippen LogP contribution in [0.4, 0.5) is 0 Å². The lowest BCUT2D eigenvalue weighted by Crippen LogP contribution is -2.05. The minimum atomic E-state index is 0.249. The van der Waals surface area contributed by atoms with Crippen molar-refractivity contribution in [3.8, 4) is 0 Å². The van der Waals surface area contributed by atoms with Crippen LogP contribution in [0, 0.1) is 5.92 Å². The number of benzene rings is 1. The predicted molar refractivity (Wildman–Crippen MR) is 73.9 cm³/mol. The maximum Gasteiger partial charge on any atom is 0.202 e. The van der Waals surface area contributed by atoms with E-state index in [9.17, 15) is 4.79 Å². The normalized spacial score (nSPS) is 16.2. The van der Waals surface area contributed by atoms with Crippen molar-refractivity contribution in [2.45, 2.75) is 44.9 Å². The molecule has 0 bridgehead atoms. The maximum atomic E-state index is 11.9. The summed E-state index contributed by atoms with van der Waals surface area (Å²) in [5.41, 5.74) is 1.60. The van der Waals surface area contributed by atoms with Crippen molar-refractivity contribution in [3.63, 3.8) is 0 Å².